The number of aliphatic hydroxyl groups is 1. The van der Waals surface area contributed by atoms with Gasteiger partial charge in [0.05, 0.1) is 11.5 Å². The molecule has 0 saturated heterocycles. The van der Waals surface area contributed by atoms with Crippen molar-refractivity contribution in [2.45, 2.75) is 40.1 Å². The van der Waals surface area contributed by atoms with Crippen molar-refractivity contribution in [1.29, 1.82) is 0 Å². The first-order valence-corrected chi connectivity index (χ1v) is 7.44. The lowest BCUT2D eigenvalue weighted by molar-refractivity contribution is -0.174. The molecule has 1 amide bonds. The van der Waals surface area contributed by atoms with Crippen LogP contribution >= 0.6 is 8.38 Å². The summed E-state index contributed by atoms with van der Waals surface area (Å²) < 4.78 is 9.64. The van der Waals surface area contributed by atoms with Gasteiger partial charge in [-0.2, -0.15) is 0 Å². The Hall–Kier alpha value is -0.950. The van der Waals surface area contributed by atoms with E-state index in [9.17, 15) is 14.7 Å². The molecule has 2 atom stereocenters. The van der Waals surface area contributed by atoms with Gasteiger partial charge in [0, 0.05) is 19.6 Å². The summed E-state index contributed by atoms with van der Waals surface area (Å²) in [6.45, 7) is 6.20. The minimum atomic E-state index is -2.22. The Labute approximate surface area is 119 Å². The summed E-state index contributed by atoms with van der Waals surface area (Å²) in [5.41, 5.74) is -0.705. The van der Waals surface area contributed by atoms with Crippen LogP contribution in [0.4, 0.5) is 4.79 Å². The smallest absolute Gasteiger partial charge is 0.410 e. The zero-order valence-electron chi connectivity index (χ0n) is 12.0. The van der Waals surface area contributed by atoms with Crippen molar-refractivity contribution in [3.8, 4) is 0 Å². The Kier molecular flexibility index (Phi) is 7.96. The maximum absolute atomic E-state index is 11.5. The maximum atomic E-state index is 11.5. The van der Waals surface area contributed by atoms with Gasteiger partial charge < -0.3 is 29.7 Å². The highest BCUT2D eigenvalue weighted by molar-refractivity contribution is 7.45. The van der Waals surface area contributed by atoms with Gasteiger partial charge in [-0.25, -0.2) is 4.79 Å². The molecule has 20 heavy (non-hydrogen) atoms. The Morgan fingerprint density at radius 2 is 1.80 bits per heavy atom. The van der Waals surface area contributed by atoms with Gasteiger partial charge in [0.15, 0.2) is 8.38 Å². The van der Waals surface area contributed by atoms with E-state index in [4.69, 9.17) is 19.3 Å². The van der Waals surface area contributed by atoms with Gasteiger partial charge in [-0.3, -0.25) is 4.79 Å². The fourth-order valence-electron chi connectivity index (χ4n) is 0.998. The van der Waals surface area contributed by atoms with E-state index in [1.54, 1.807) is 20.8 Å². The van der Waals surface area contributed by atoms with E-state index >= 15 is 0 Å². The Bertz CT molecular complexity index is 329. The van der Waals surface area contributed by atoms with Gasteiger partial charge >= 0.3 is 12.1 Å². The van der Waals surface area contributed by atoms with Crippen LogP contribution in [0.2, 0.25) is 0 Å². The zero-order chi connectivity index (χ0) is 15.9. The summed E-state index contributed by atoms with van der Waals surface area (Å²) >= 11 is 0. The highest BCUT2D eigenvalue weighted by atomic mass is 31.2. The quantitative estimate of drug-likeness (QED) is 0.316. The van der Waals surface area contributed by atoms with Crippen molar-refractivity contribution < 1.29 is 34.0 Å². The van der Waals surface area contributed by atoms with Gasteiger partial charge in [-0.1, -0.05) is 0 Å². The third-order valence-corrected chi connectivity index (χ3v) is 2.76. The van der Waals surface area contributed by atoms with Crippen LogP contribution in [0.15, 0.2) is 0 Å². The number of hydrogen-bond acceptors (Lipinski definition) is 7. The van der Waals surface area contributed by atoms with E-state index in [1.807, 2.05) is 0 Å². The molecule has 1 unspecified atom stereocenters. The van der Waals surface area contributed by atoms with Crippen LogP contribution in [0.3, 0.4) is 0 Å². The predicted molar refractivity (Wildman–Crippen MR) is 71.7 cm³/mol. The number of alkyl carbamates (subject to hydrolysis) is 1. The average Bonchev–Trinajstić information content (AvgIpc) is 2.23. The third kappa shape index (κ3) is 9.03. The molecule has 0 spiro atoms. The molecule has 4 N–H and O–H groups in total. The maximum Gasteiger partial charge on any atom is 0.410 e. The number of rotatable bonds is 6. The molecular formula is C11H22NO7P. The number of carbonyl (C=O) groups is 2. The largest absolute Gasteiger partial charge is 0.425 e. The van der Waals surface area contributed by atoms with Crippen molar-refractivity contribution in [2.24, 2.45) is 5.41 Å². The number of hydrogen-bond donors (Lipinski definition) is 4. The number of nitrogens with one attached hydrogen (secondary N) is 1. The van der Waals surface area contributed by atoms with E-state index in [-0.39, 0.29) is 12.7 Å². The topological polar surface area (TPSA) is 125 Å². The lowest BCUT2D eigenvalue weighted by atomic mass is 9.97. The van der Waals surface area contributed by atoms with Gasteiger partial charge in [0.1, 0.15) is 0 Å². The molecule has 0 aliphatic heterocycles. The summed E-state index contributed by atoms with van der Waals surface area (Å²) in [6.07, 6.45) is -3.26. The number of aliphatic hydroxyl groups excluding tert-OH is 1. The lowest BCUT2D eigenvalue weighted by Gasteiger charge is -2.21. The molecule has 0 heterocycles. The average molecular weight is 311 g/mol. The van der Waals surface area contributed by atoms with Crippen molar-refractivity contribution >= 4 is 20.4 Å². The minimum Gasteiger partial charge on any atom is -0.425 e. The third-order valence-electron chi connectivity index (χ3n) is 2.01. The van der Waals surface area contributed by atoms with Crippen LogP contribution in [0.25, 0.3) is 0 Å². The number of esters is 1. The Morgan fingerprint density at radius 3 is 2.25 bits per heavy atom. The molecule has 0 rings (SSSR count). The Morgan fingerprint density at radius 1 is 1.25 bits per heavy atom. The molecular weight excluding hydrogens is 289 g/mol. The van der Waals surface area contributed by atoms with Gasteiger partial charge in [-0.05, 0) is 20.8 Å². The summed E-state index contributed by atoms with van der Waals surface area (Å²) in [5.74, 6) is -0.510. The summed E-state index contributed by atoms with van der Waals surface area (Å²) in [7, 11) is -2.22. The molecule has 0 aromatic heterocycles. The number of carbonyl (C=O) groups excluding carboxylic acids is 2. The van der Waals surface area contributed by atoms with Gasteiger partial charge in [0.25, 0.3) is 0 Å². The monoisotopic (exact) mass is 311 g/mol. The summed E-state index contributed by atoms with van der Waals surface area (Å²) in [6, 6.07) is 0. The molecule has 0 aromatic rings. The molecule has 0 fully saturated rings. The molecule has 0 bridgehead atoms. The van der Waals surface area contributed by atoms with Crippen molar-refractivity contribution in [3.63, 3.8) is 0 Å². The van der Waals surface area contributed by atoms with E-state index in [0.29, 0.717) is 0 Å². The second kappa shape index (κ2) is 8.36. The van der Waals surface area contributed by atoms with Gasteiger partial charge in [-0.15, -0.1) is 0 Å². The van der Waals surface area contributed by atoms with Crippen molar-refractivity contribution in [1.82, 2.24) is 5.32 Å². The fourth-order valence-corrected chi connectivity index (χ4v) is 1.50. The number of ether oxygens (including phenoxy) is 2. The molecule has 8 nitrogen and oxygen atoms in total. The zero-order valence-corrected chi connectivity index (χ0v) is 12.9. The van der Waals surface area contributed by atoms with Crippen LogP contribution in [-0.2, 0) is 14.3 Å². The fraction of sp³-hybridized carbons (Fsp3) is 0.818. The SMILES string of the molecule is CC(OC(=O)NC[C@H](O)CP(O)O)OC(=O)C(C)(C)C. The first-order valence-electron chi connectivity index (χ1n) is 6.01. The lowest BCUT2D eigenvalue weighted by Crippen LogP contribution is -2.37. The summed E-state index contributed by atoms with van der Waals surface area (Å²) in [4.78, 5) is 40.2. The van der Waals surface area contributed by atoms with Crippen LogP contribution in [0.5, 0.6) is 0 Å². The van der Waals surface area contributed by atoms with Crippen LogP contribution < -0.4 is 5.32 Å². The number of amides is 1. The Balaban J connectivity index is 4.00. The standard InChI is InChI=1S/C11H22NO7P/c1-7(18-9(14)11(2,3)4)19-10(15)12-5-8(13)6-20(16)17/h7-8,13,16-17H,5-6H2,1-4H3,(H,12,15)/t7?,8-/m0/s1. The minimum absolute atomic E-state index is 0.196. The predicted octanol–water partition coefficient (Wildman–Crippen LogP) is 0.305. The highest BCUT2D eigenvalue weighted by Crippen LogP contribution is 2.23. The highest BCUT2D eigenvalue weighted by Gasteiger charge is 2.26. The van der Waals surface area contributed by atoms with Crippen molar-refractivity contribution in [3.05, 3.63) is 0 Å². The summed E-state index contributed by atoms with van der Waals surface area (Å²) in [5, 5.41) is 11.5. The van der Waals surface area contributed by atoms with E-state index in [1.165, 1.54) is 6.92 Å². The second-order valence-electron chi connectivity index (χ2n) is 5.22. The van der Waals surface area contributed by atoms with E-state index < -0.39 is 38.2 Å². The second-order valence-corrected chi connectivity index (χ2v) is 6.33. The molecule has 0 saturated carbocycles. The molecule has 9 heteroatoms. The first-order chi connectivity index (χ1) is 9.02. The molecule has 0 aromatic carbocycles. The molecule has 0 radical (unpaired) electrons. The first kappa shape index (κ1) is 19.1. The van der Waals surface area contributed by atoms with Crippen LogP contribution in [0, 0.1) is 5.41 Å². The van der Waals surface area contributed by atoms with E-state index in [0.717, 1.165) is 0 Å². The van der Waals surface area contributed by atoms with Crippen LogP contribution in [0.1, 0.15) is 27.7 Å². The van der Waals surface area contributed by atoms with Crippen LogP contribution in [-0.4, -0.2) is 52.1 Å². The van der Waals surface area contributed by atoms with E-state index in [2.05, 4.69) is 5.32 Å². The molecule has 0 aliphatic carbocycles. The van der Waals surface area contributed by atoms with Crippen molar-refractivity contribution in [2.75, 3.05) is 12.7 Å². The molecule has 118 valence electrons. The van der Waals surface area contributed by atoms with Gasteiger partial charge in [0.2, 0.25) is 6.29 Å². The molecule has 0 aliphatic rings. The normalized spacial score (nSPS) is 14.6.